The molecule has 1 aliphatic heterocycles. The molecule has 1 saturated heterocycles. The first-order valence-electron chi connectivity index (χ1n) is 9.31. The minimum Gasteiger partial charge on any atom is -0.352 e. The van der Waals surface area contributed by atoms with Gasteiger partial charge in [0.25, 0.3) is 5.91 Å². The molecule has 1 aliphatic rings. The Kier molecular flexibility index (Phi) is 5.16. The summed E-state index contributed by atoms with van der Waals surface area (Å²) in [5.41, 5.74) is -0.491. The Morgan fingerprint density at radius 2 is 1.79 bits per heavy atom. The molecule has 5 nitrogen and oxygen atoms in total. The van der Waals surface area contributed by atoms with Crippen LogP contribution in [0.4, 0.5) is 19.0 Å². The number of aryl methyl sites for hydroxylation is 1. The second-order valence-electron chi connectivity index (χ2n) is 6.84. The highest BCUT2D eigenvalue weighted by Crippen LogP contribution is 2.31. The molecule has 0 N–H and O–H groups in total. The summed E-state index contributed by atoms with van der Waals surface area (Å²) in [5.74, 6) is 0.614. The Balaban J connectivity index is 1.46. The smallest absolute Gasteiger partial charge is 0.352 e. The SMILES string of the molecule is CCc1cc2c(N3CCN(C(=O)c4ccc(C(F)(F)F)cc4)CC3)ncnc2s1. The number of piperazine rings is 1. The summed E-state index contributed by atoms with van der Waals surface area (Å²) in [6, 6.07) is 6.49. The molecular weight excluding hydrogens is 401 g/mol. The fourth-order valence-electron chi connectivity index (χ4n) is 3.42. The van der Waals surface area contributed by atoms with E-state index in [1.165, 1.54) is 17.0 Å². The number of fused-ring (bicyclic) bond motifs is 1. The predicted molar refractivity (Wildman–Crippen MR) is 106 cm³/mol. The number of carbonyl (C=O) groups excluding carboxylic acids is 1. The number of aromatic nitrogens is 2. The van der Waals surface area contributed by atoms with Crippen LogP contribution in [0.3, 0.4) is 0 Å². The molecule has 3 heterocycles. The maximum Gasteiger partial charge on any atom is 0.416 e. The summed E-state index contributed by atoms with van der Waals surface area (Å²) in [4.78, 5) is 27.5. The first-order valence-corrected chi connectivity index (χ1v) is 10.1. The van der Waals surface area contributed by atoms with Gasteiger partial charge in [0.1, 0.15) is 17.0 Å². The molecule has 2 aromatic heterocycles. The van der Waals surface area contributed by atoms with Crippen LogP contribution in [-0.4, -0.2) is 47.0 Å². The van der Waals surface area contributed by atoms with E-state index in [4.69, 9.17) is 0 Å². The molecule has 3 aromatic rings. The molecule has 0 spiro atoms. The Morgan fingerprint density at radius 1 is 1.10 bits per heavy atom. The van der Waals surface area contributed by atoms with E-state index in [1.54, 1.807) is 22.6 Å². The van der Waals surface area contributed by atoms with Crippen LogP contribution in [0.5, 0.6) is 0 Å². The number of hydrogen-bond acceptors (Lipinski definition) is 5. The van der Waals surface area contributed by atoms with E-state index in [-0.39, 0.29) is 11.5 Å². The topological polar surface area (TPSA) is 49.3 Å². The molecule has 1 fully saturated rings. The van der Waals surface area contributed by atoms with E-state index < -0.39 is 11.7 Å². The fourth-order valence-corrected chi connectivity index (χ4v) is 4.35. The van der Waals surface area contributed by atoms with Crippen molar-refractivity contribution in [2.24, 2.45) is 0 Å². The number of carbonyl (C=O) groups is 1. The van der Waals surface area contributed by atoms with Crippen molar-refractivity contribution in [3.05, 3.63) is 52.7 Å². The van der Waals surface area contributed by atoms with Crippen molar-refractivity contribution in [2.75, 3.05) is 31.1 Å². The van der Waals surface area contributed by atoms with Crippen LogP contribution < -0.4 is 4.90 Å². The highest BCUT2D eigenvalue weighted by molar-refractivity contribution is 7.18. The summed E-state index contributed by atoms with van der Waals surface area (Å²) in [6.07, 6.45) is -1.90. The van der Waals surface area contributed by atoms with Crippen LogP contribution in [0, 0.1) is 0 Å². The van der Waals surface area contributed by atoms with Gasteiger partial charge < -0.3 is 9.80 Å². The number of rotatable bonds is 3. The Morgan fingerprint density at radius 3 is 2.41 bits per heavy atom. The predicted octanol–water partition coefficient (Wildman–Crippen LogP) is 4.23. The molecule has 9 heteroatoms. The van der Waals surface area contributed by atoms with Crippen molar-refractivity contribution in [1.29, 1.82) is 0 Å². The molecule has 0 saturated carbocycles. The highest BCUT2D eigenvalue weighted by Gasteiger charge is 2.31. The first kappa shape index (κ1) is 19.6. The lowest BCUT2D eigenvalue weighted by Gasteiger charge is -2.35. The Bertz CT molecular complexity index is 1020. The van der Waals surface area contributed by atoms with Gasteiger partial charge >= 0.3 is 6.18 Å². The van der Waals surface area contributed by atoms with E-state index in [0.717, 1.165) is 34.6 Å². The standard InChI is InChI=1S/C20H19F3N4OS/c1-2-15-11-16-17(24-12-25-18(16)29-15)26-7-9-27(10-8-26)19(28)13-3-5-14(6-4-13)20(21,22)23/h3-6,11-12H,2,7-10H2,1H3. The van der Waals surface area contributed by atoms with Gasteiger partial charge in [0, 0.05) is 36.6 Å². The van der Waals surface area contributed by atoms with Crippen molar-refractivity contribution >= 4 is 33.3 Å². The summed E-state index contributed by atoms with van der Waals surface area (Å²) < 4.78 is 38.1. The number of thiophene rings is 1. The highest BCUT2D eigenvalue weighted by atomic mass is 32.1. The van der Waals surface area contributed by atoms with Crippen LogP contribution in [0.15, 0.2) is 36.7 Å². The molecule has 1 amide bonds. The molecule has 29 heavy (non-hydrogen) atoms. The van der Waals surface area contributed by atoms with Crippen LogP contribution in [0.2, 0.25) is 0 Å². The number of hydrogen-bond donors (Lipinski definition) is 0. The van der Waals surface area contributed by atoms with E-state index in [2.05, 4.69) is 27.9 Å². The Hall–Kier alpha value is -2.68. The molecule has 0 unspecified atom stereocenters. The minimum absolute atomic E-state index is 0.255. The summed E-state index contributed by atoms with van der Waals surface area (Å²) >= 11 is 1.66. The largest absolute Gasteiger partial charge is 0.416 e. The van der Waals surface area contributed by atoms with Crippen LogP contribution in [0.1, 0.15) is 27.7 Å². The number of amides is 1. The zero-order chi connectivity index (χ0) is 20.6. The number of anilines is 1. The average molecular weight is 420 g/mol. The second-order valence-corrected chi connectivity index (χ2v) is 7.95. The lowest BCUT2D eigenvalue weighted by atomic mass is 10.1. The van der Waals surface area contributed by atoms with Gasteiger partial charge in [-0.25, -0.2) is 9.97 Å². The monoisotopic (exact) mass is 420 g/mol. The van der Waals surface area contributed by atoms with Gasteiger partial charge in [-0.05, 0) is 36.8 Å². The van der Waals surface area contributed by atoms with Gasteiger partial charge in [0.2, 0.25) is 0 Å². The second kappa shape index (κ2) is 7.62. The molecule has 1 aromatic carbocycles. The van der Waals surface area contributed by atoms with Crippen molar-refractivity contribution in [2.45, 2.75) is 19.5 Å². The third kappa shape index (κ3) is 3.91. The third-order valence-corrected chi connectivity index (χ3v) is 6.22. The molecule has 0 aliphatic carbocycles. The molecular formula is C20H19F3N4OS. The van der Waals surface area contributed by atoms with Crippen LogP contribution in [-0.2, 0) is 12.6 Å². The number of alkyl halides is 3. The van der Waals surface area contributed by atoms with Crippen LogP contribution in [0.25, 0.3) is 10.2 Å². The molecule has 0 bridgehead atoms. The van der Waals surface area contributed by atoms with E-state index in [1.807, 2.05) is 0 Å². The number of benzene rings is 1. The maximum absolute atomic E-state index is 12.7. The first-order chi connectivity index (χ1) is 13.9. The molecule has 0 atom stereocenters. The maximum atomic E-state index is 12.7. The molecule has 4 rings (SSSR count). The van der Waals surface area contributed by atoms with Gasteiger partial charge in [-0.1, -0.05) is 6.92 Å². The quantitative estimate of drug-likeness (QED) is 0.636. The van der Waals surface area contributed by atoms with Gasteiger partial charge in [-0.15, -0.1) is 11.3 Å². The van der Waals surface area contributed by atoms with Gasteiger partial charge in [0.05, 0.1) is 10.9 Å². The van der Waals surface area contributed by atoms with E-state index in [9.17, 15) is 18.0 Å². The van der Waals surface area contributed by atoms with E-state index in [0.29, 0.717) is 26.2 Å². The van der Waals surface area contributed by atoms with Gasteiger partial charge in [-0.3, -0.25) is 4.79 Å². The van der Waals surface area contributed by atoms with E-state index >= 15 is 0 Å². The van der Waals surface area contributed by atoms with Crippen molar-refractivity contribution in [3.63, 3.8) is 0 Å². The normalized spacial score (nSPS) is 15.2. The zero-order valence-electron chi connectivity index (χ0n) is 15.7. The lowest BCUT2D eigenvalue weighted by molar-refractivity contribution is -0.137. The summed E-state index contributed by atoms with van der Waals surface area (Å²) in [6.45, 7) is 4.28. The van der Waals surface area contributed by atoms with Crippen LogP contribution >= 0.6 is 11.3 Å². The summed E-state index contributed by atoms with van der Waals surface area (Å²) in [5, 5.41) is 1.02. The summed E-state index contributed by atoms with van der Waals surface area (Å²) in [7, 11) is 0. The average Bonchev–Trinajstić information content (AvgIpc) is 3.16. The van der Waals surface area contributed by atoms with Crippen molar-refractivity contribution in [1.82, 2.24) is 14.9 Å². The van der Waals surface area contributed by atoms with Crippen molar-refractivity contribution in [3.8, 4) is 0 Å². The molecule has 152 valence electrons. The minimum atomic E-state index is -4.41. The Labute approximate surface area is 169 Å². The zero-order valence-corrected chi connectivity index (χ0v) is 16.6. The number of nitrogens with zero attached hydrogens (tertiary/aromatic N) is 4. The number of halogens is 3. The fraction of sp³-hybridized carbons (Fsp3) is 0.350. The third-order valence-electron chi connectivity index (χ3n) is 5.03. The van der Waals surface area contributed by atoms with Crippen molar-refractivity contribution < 1.29 is 18.0 Å². The molecule has 0 radical (unpaired) electrons. The van der Waals surface area contributed by atoms with Gasteiger partial charge in [0.15, 0.2) is 0 Å². The van der Waals surface area contributed by atoms with Gasteiger partial charge in [-0.2, -0.15) is 13.2 Å². The lowest BCUT2D eigenvalue weighted by Crippen LogP contribution is -2.49.